The van der Waals surface area contributed by atoms with Gasteiger partial charge in [0.15, 0.2) is 5.82 Å². The minimum absolute atomic E-state index is 0.161. The number of unbranched alkanes of at least 4 members (excludes halogenated alkanes) is 2. The Kier molecular flexibility index (Phi) is 8.18. The van der Waals surface area contributed by atoms with E-state index < -0.39 is 5.82 Å². The van der Waals surface area contributed by atoms with Crippen LogP contribution in [0, 0.1) is 5.82 Å². The zero-order chi connectivity index (χ0) is 28.1. The first kappa shape index (κ1) is 27.0. The van der Waals surface area contributed by atoms with Gasteiger partial charge in [0.05, 0.1) is 18.9 Å². The van der Waals surface area contributed by atoms with Gasteiger partial charge < -0.3 is 20.3 Å². The van der Waals surface area contributed by atoms with Crippen LogP contribution in [0.1, 0.15) is 32.1 Å². The molecular weight excluding hydrogens is 513 g/mol. The van der Waals surface area contributed by atoms with Crippen molar-refractivity contribution in [1.82, 2.24) is 25.1 Å². The molecule has 0 unspecified atom stereocenters. The molecule has 2 amide bonds. The lowest BCUT2D eigenvalue weighted by Gasteiger charge is -2.36. The standard InChI is InChI=1S/C29H32FN7O3/c1-40-23-7-5-6-21(30)26(23)29-32-18-22-28(33-29)27(35-34-22)19-10-12-20(13-11-19)36-14-16-37(17-15-36)25(39)9-4-2-3-8-24(31)38/h5-7,10-13,18H,2-4,8-9,14-17H2,1H3,(H2,31,38)(H,34,35). The number of halogens is 1. The number of amides is 2. The molecule has 3 N–H and O–H groups in total. The number of aromatic nitrogens is 4. The highest BCUT2D eigenvalue weighted by Gasteiger charge is 2.22. The lowest BCUT2D eigenvalue weighted by Crippen LogP contribution is -2.48. The molecule has 3 heterocycles. The Labute approximate surface area is 231 Å². The number of H-pyrrole nitrogens is 1. The Balaban J connectivity index is 1.24. The van der Waals surface area contributed by atoms with Crippen LogP contribution in [-0.4, -0.2) is 70.2 Å². The molecule has 2 aromatic carbocycles. The van der Waals surface area contributed by atoms with E-state index in [0.717, 1.165) is 43.6 Å². The molecule has 0 spiro atoms. The van der Waals surface area contributed by atoms with Crippen LogP contribution >= 0.6 is 0 Å². The number of rotatable bonds is 10. The second-order valence-corrected chi connectivity index (χ2v) is 9.79. The molecule has 0 saturated carbocycles. The van der Waals surface area contributed by atoms with Crippen molar-refractivity contribution in [2.75, 3.05) is 38.2 Å². The van der Waals surface area contributed by atoms with E-state index in [4.69, 9.17) is 10.5 Å². The predicted octanol–water partition coefficient (Wildman–Crippen LogP) is 3.92. The first-order chi connectivity index (χ1) is 19.4. The number of aromatic amines is 1. The summed E-state index contributed by atoms with van der Waals surface area (Å²) in [5.74, 6) is -0.0171. The van der Waals surface area contributed by atoms with Gasteiger partial charge >= 0.3 is 0 Å². The molecule has 1 fully saturated rings. The number of nitrogens with two attached hydrogens (primary N) is 1. The summed E-state index contributed by atoms with van der Waals surface area (Å²) in [7, 11) is 1.48. The van der Waals surface area contributed by atoms with Crippen LogP contribution in [0.25, 0.3) is 33.7 Å². The molecule has 0 radical (unpaired) electrons. The Morgan fingerprint density at radius 3 is 2.50 bits per heavy atom. The first-order valence-electron chi connectivity index (χ1n) is 13.4. The summed E-state index contributed by atoms with van der Waals surface area (Å²) in [4.78, 5) is 36.5. The fourth-order valence-corrected chi connectivity index (χ4v) is 4.98. The molecule has 0 aliphatic carbocycles. The number of nitrogens with one attached hydrogen (secondary N) is 1. The van der Waals surface area contributed by atoms with Crippen molar-refractivity contribution in [3.8, 4) is 28.4 Å². The monoisotopic (exact) mass is 545 g/mol. The van der Waals surface area contributed by atoms with E-state index >= 15 is 0 Å². The highest BCUT2D eigenvalue weighted by molar-refractivity contribution is 5.90. The van der Waals surface area contributed by atoms with Gasteiger partial charge in [-0.3, -0.25) is 14.7 Å². The number of primary amides is 1. The Morgan fingerprint density at radius 2 is 1.77 bits per heavy atom. The van der Waals surface area contributed by atoms with Crippen LogP contribution in [0.15, 0.2) is 48.7 Å². The molecule has 208 valence electrons. The number of methoxy groups -OCH3 is 1. The van der Waals surface area contributed by atoms with Crippen molar-refractivity contribution in [3.05, 3.63) is 54.5 Å². The van der Waals surface area contributed by atoms with E-state index in [1.807, 2.05) is 29.2 Å². The Hall–Kier alpha value is -4.54. The molecule has 0 bridgehead atoms. The molecule has 1 aliphatic heterocycles. The fraction of sp³-hybridized carbons (Fsp3) is 0.345. The number of benzene rings is 2. The largest absolute Gasteiger partial charge is 0.496 e. The molecule has 5 rings (SSSR count). The van der Waals surface area contributed by atoms with Crippen molar-refractivity contribution in [2.24, 2.45) is 5.73 Å². The van der Waals surface area contributed by atoms with Crippen LogP contribution in [0.2, 0.25) is 0 Å². The number of carbonyl (C=O) groups is 2. The smallest absolute Gasteiger partial charge is 0.222 e. The van der Waals surface area contributed by atoms with E-state index in [-0.39, 0.29) is 23.2 Å². The minimum atomic E-state index is -0.463. The first-order valence-corrected chi connectivity index (χ1v) is 13.4. The van der Waals surface area contributed by atoms with Gasteiger partial charge in [-0.25, -0.2) is 14.4 Å². The van der Waals surface area contributed by atoms with Crippen LogP contribution in [0.3, 0.4) is 0 Å². The molecular formula is C29H32FN7O3. The van der Waals surface area contributed by atoms with Crippen LogP contribution < -0.4 is 15.4 Å². The van der Waals surface area contributed by atoms with Crippen molar-refractivity contribution in [2.45, 2.75) is 32.1 Å². The zero-order valence-corrected chi connectivity index (χ0v) is 22.4. The summed E-state index contributed by atoms with van der Waals surface area (Å²) in [6.45, 7) is 2.84. The SMILES string of the molecule is COc1cccc(F)c1-c1ncc2[nH]nc(-c3ccc(N4CCN(C(=O)CCCCCC(N)=O)CC4)cc3)c2n1. The molecule has 0 atom stereocenters. The summed E-state index contributed by atoms with van der Waals surface area (Å²) in [6, 6.07) is 12.6. The molecule has 11 heteroatoms. The van der Waals surface area contributed by atoms with E-state index in [1.54, 1.807) is 18.3 Å². The number of hydrogen-bond acceptors (Lipinski definition) is 7. The zero-order valence-electron chi connectivity index (χ0n) is 22.4. The summed E-state index contributed by atoms with van der Waals surface area (Å²) in [5, 5.41) is 7.41. The minimum Gasteiger partial charge on any atom is -0.496 e. The normalized spacial score (nSPS) is 13.6. The molecule has 1 saturated heterocycles. The number of hydrogen-bond donors (Lipinski definition) is 2. The van der Waals surface area contributed by atoms with Crippen LogP contribution in [-0.2, 0) is 9.59 Å². The quantitative estimate of drug-likeness (QED) is 0.289. The van der Waals surface area contributed by atoms with Gasteiger partial charge in [0, 0.05) is 50.3 Å². The number of piperazine rings is 1. The van der Waals surface area contributed by atoms with Crippen LogP contribution in [0.4, 0.5) is 10.1 Å². The van der Waals surface area contributed by atoms with E-state index in [9.17, 15) is 14.0 Å². The van der Waals surface area contributed by atoms with Gasteiger partial charge in [0.25, 0.3) is 0 Å². The molecule has 1 aliphatic rings. The van der Waals surface area contributed by atoms with E-state index in [2.05, 4.69) is 25.1 Å². The number of ether oxygens (including phenoxy) is 1. The van der Waals surface area contributed by atoms with Crippen molar-refractivity contribution in [1.29, 1.82) is 0 Å². The maximum Gasteiger partial charge on any atom is 0.222 e. The van der Waals surface area contributed by atoms with Crippen molar-refractivity contribution in [3.63, 3.8) is 0 Å². The summed E-state index contributed by atoms with van der Waals surface area (Å²) < 4.78 is 20.0. The maximum atomic E-state index is 14.6. The summed E-state index contributed by atoms with van der Waals surface area (Å²) >= 11 is 0. The maximum absolute atomic E-state index is 14.6. The number of nitrogens with zero attached hydrogens (tertiary/aromatic N) is 5. The fourth-order valence-electron chi connectivity index (χ4n) is 4.98. The predicted molar refractivity (Wildman–Crippen MR) is 150 cm³/mol. The van der Waals surface area contributed by atoms with E-state index in [1.165, 1.54) is 13.2 Å². The average Bonchev–Trinajstić information content (AvgIpc) is 3.40. The third-order valence-corrected chi connectivity index (χ3v) is 7.17. The second-order valence-electron chi connectivity index (χ2n) is 9.79. The van der Waals surface area contributed by atoms with Gasteiger partial charge in [-0.1, -0.05) is 24.6 Å². The lowest BCUT2D eigenvalue weighted by molar-refractivity contribution is -0.131. The molecule has 10 nitrogen and oxygen atoms in total. The third-order valence-electron chi connectivity index (χ3n) is 7.17. The van der Waals surface area contributed by atoms with Crippen LogP contribution in [0.5, 0.6) is 5.75 Å². The second kappa shape index (κ2) is 12.1. The molecule has 40 heavy (non-hydrogen) atoms. The van der Waals surface area contributed by atoms with E-state index in [0.29, 0.717) is 48.4 Å². The van der Waals surface area contributed by atoms with Crippen molar-refractivity contribution >= 4 is 28.5 Å². The highest BCUT2D eigenvalue weighted by Crippen LogP contribution is 2.33. The Bertz CT molecular complexity index is 1500. The number of anilines is 1. The van der Waals surface area contributed by atoms with Gasteiger partial charge in [0.1, 0.15) is 28.3 Å². The Morgan fingerprint density at radius 1 is 1.02 bits per heavy atom. The molecule has 2 aromatic heterocycles. The summed E-state index contributed by atoms with van der Waals surface area (Å²) in [6.07, 6.45) is 4.80. The highest BCUT2D eigenvalue weighted by atomic mass is 19.1. The van der Waals surface area contributed by atoms with Gasteiger partial charge in [-0.05, 0) is 37.1 Å². The van der Waals surface area contributed by atoms with Gasteiger partial charge in [-0.15, -0.1) is 0 Å². The van der Waals surface area contributed by atoms with Crippen molar-refractivity contribution < 1.29 is 18.7 Å². The molecule has 4 aromatic rings. The summed E-state index contributed by atoms with van der Waals surface area (Å²) in [5.41, 5.74) is 9.17. The van der Waals surface area contributed by atoms with Gasteiger partial charge in [-0.2, -0.15) is 5.10 Å². The lowest BCUT2D eigenvalue weighted by atomic mass is 10.1. The number of fused-ring (bicyclic) bond motifs is 1. The van der Waals surface area contributed by atoms with Gasteiger partial charge in [0.2, 0.25) is 11.8 Å². The topological polar surface area (TPSA) is 130 Å². The third kappa shape index (κ3) is 5.88. The average molecular weight is 546 g/mol. The number of carbonyl (C=O) groups excluding carboxylic acids is 2.